The van der Waals surface area contributed by atoms with E-state index in [1.165, 1.54) is 0 Å². The highest BCUT2D eigenvalue weighted by atomic mass is 16.3. The molecule has 0 rings (SSSR count). The molecule has 3 N–H and O–H groups in total. The minimum Gasteiger partial charge on any atom is -0.391 e. The van der Waals surface area contributed by atoms with Gasteiger partial charge in [0.15, 0.2) is 0 Å². The van der Waals surface area contributed by atoms with Crippen LogP contribution in [0, 0.1) is 5.92 Å². The SMILES string of the molecule is C=CC(C)NC(=O)NCC(O)C(CC)CC. The summed E-state index contributed by atoms with van der Waals surface area (Å²) in [5, 5.41) is 15.1. The second kappa shape index (κ2) is 8.16. The molecule has 0 aromatic heterocycles. The number of carbonyl (C=O) groups is 1. The maximum absolute atomic E-state index is 11.3. The Morgan fingerprint density at radius 1 is 1.44 bits per heavy atom. The second-order valence-corrected chi connectivity index (χ2v) is 4.02. The summed E-state index contributed by atoms with van der Waals surface area (Å²) in [5.74, 6) is 0.247. The van der Waals surface area contributed by atoms with Crippen LogP contribution in [0.3, 0.4) is 0 Å². The molecule has 16 heavy (non-hydrogen) atoms. The van der Waals surface area contributed by atoms with Crippen molar-refractivity contribution < 1.29 is 9.90 Å². The summed E-state index contributed by atoms with van der Waals surface area (Å²) in [7, 11) is 0. The lowest BCUT2D eigenvalue weighted by molar-refractivity contribution is 0.103. The van der Waals surface area contributed by atoms with Crippen LogP contribution in [0.25, 0.3) is 0 Å². The fourth-order valence-corrected chi connectivity index (χ4v) is 1.51. The molecule has 2 amide bonds. The lowest BCUT2D eigenvalue weighted by atomic mass is 9.97. The number of carbonyl (C=O) groups excluding carboxylic acids is 1. The van der Waals surface area contributed by atoms with Gasteiger partial charge in [0.05, 0.1) is 6.10 Å². The van der Waals surface area contributed by atoms with E-state index in [2.05, 4.69) is 17.2 Å². The number of amides is 2. The van der Waals surface area contributed by atoms with Crippen LogP contribution in [0.1, 0.15) is 33.6 Å². The average molecular weight is 228 g/mol. The Kier molecular flexibility index (Phi) is 7.64. The molecule has 0 saturated carbocycles. The number of nitrogens with one attached hydrogen (secondary N) is 2. The molecule has 0 fully saturated rings. The van der Waals surface area contributed by atoms with Crippen LogP contribution < -0.4 is 10.6 Å². The molecular weight excluding hydrogens is 204 g/mol. The van der Waals surface area contributed by atoms with Crippen molar-refractivity contribution >= 4 is 6.03 Å². The van der Waals surface area contributed by atoms with Gasteiger partial charge in [0.2, 0.25) is 0 Å². The highest BCUT2D eigenvalue weighted by Crippen LogP contribution is 2.11. The summed E-state index contributed by atoms with van der Waals surface area (Å²) < 4.78 is 0. The van der Waals surface area contributed by atoms with E-state index in [-0.39, 0.29) is 18.0 Å². The molecule has 94 valence electrons. The first-order valence-electron chi connectivity index (χ1n) is 5.90. The molecule has 0 spiro atoms. The number of aliphatic hydroxyl groups is 1. The lowest BCUT2D eigenvalue weighted by Crippen LogP contribution is -2.44. The van der Waals surface area contributed by atoms with Crippen LogP contribution in [-0.2, 0) is 0 Å². The van der Waals surface area contributed by atoms with Gasteiger partial charge in [-0.05, 0) is 12.8 Å². The fourth-order valence-electron chi connectivity index (χ4n) is 1.51. The second-order valence-electron chi connectivity index (χ2n) is 4.02. The average Bonchev–Trinajstić information content (AvgIpc) is 2.27. The highest BCUT2D eigenvalue weighted by molar-refractivity contribution is 5.74. The van der Waals surface area contributed by atoms with Gasteiger partial charge in [-0.15, -0.1) is 6.58 Å². The normalized spacial score (nSPS) is 14.3. The standard InChI is InChI=1S/C12H24N2O2/c1-5-9(4)14-12(16)13-8-11(15)10(6-2)7-3/h5,9-11,15H,1,6-8H2,2-4H3,(H2,13,14,16). The number of urea groups is 1. The van der Waals surface area contributed by atoms with Crippen molar-refractivity contribution in [3.8, 4) is 0 Å². The molecule has 0 aliphatic heterocycles. The first-order chi connectivity index (χ1) is 7.54. The summed E-state index contributed by atoms with van der Waals surface area (Å²) in [6.07, 6.45) is 3.02. The Morgan fingerprint density at radius 2 is 2.00 bits per heavy atom. The molecule has 0 aliphatic rings. The lowest BCUT2D eigenvalue weighted by Gasteiger charge is -2.20. The topological polar surface area (TPSA) is 61.4 Å². The van der Waals surface area contributed by atoms with Crippen molar-refractivity contribution in [1.82, 2.24) is 10.6 Å². The van der Waals surface area contributed by atoms with Gasteiger partial charge < -0.3 is 15.7 Å². The maximum atomic E-state index is 11.3. The molecule has 0 saturated heterocycles. The van der Waals surface area contributed by atoms with Crippen molar-refractivity contribution in [2.75, 3.05) is 6.54 Å². The smallest absolute Gasteiger partial charge is 0.315 e. The van der Waals surface area contributed by atoms with Crippen LogP contribution in [0.2, 0.25) is 0 Å². The van der Waals surface area contributed by atoms with E-state index in [0.29, 0.717) is 6.54 Å². The predicted molar refractivity (Wildman–Crippen MR) is 66.3 cm³/mol. The molecule has 4 heteroatoms. The Bertz CT molecular complexity index is 215. The number of aliphatic hydroxyl groups excluding tert-OH is 1. The summed E-state index contributed by atoms with van der Waals surface area (Å²) in [6, 6.07) is -0.331. The Labute approximate surface area is 98.1 Å². The van der Waals surface area contributed by atoms with Crippen LogP contribution >= 0.6 is 0 Å². The first-order valence-corrected chi connectivity index (χ1v) is 5.90. The van der Waals surface area contributed by atoms with Crippen molar-refractivity contribution in [1.29, 1.82) is 0 Å². The van der Waals surface area contributed by atoms with Gasteiger partial charge in [0.1, 0.15) is 0 Å². The van der Waals surface area contributed by atoms with Gasteiger partial charge in [0.25, 0.3) is 0 Å². The van der Waals surface area contributed by atoms with Gasteiger partial charge in [-0.1, -0.05) is 32.8 Å². The van der Waals surface area contributed by atoms with Gasteiger partial charge in [-0.2, -0.15) is 0 Å². The zero-order valence-electron chi connectivity index (χ0n) is 10.5. The summed E-state index contributed by atoms with van der Waals surface area (Å²) in [5.41, 5.74) is 0. The predicted octanol–water partition coefficient (Wildman–Crippen LogP) is 1.66. The summed E-state index contributed by atoms with van der Waals surface area (Å²) in [4.78, 5) is 11.3. The molecule has 0 aromatic carbocycles. The van der Waals surface area contributed by atoms with Crippen LogP contribution in [0.15, 0.2) is 12.7 Å². The number of rotatable bonds is 7. The monoisotopic (exact) mass is 228 g/mol. The highest BCUT2D eigenvalue weighted by Gasteiger charge is 2.16. The third-order valence-corrected chi connectivity index (χ3v) is 2.78. The molecule has 2 atom stereocenters. The van der Waals surface area contributed by atoms with E-state index in [1.54, 1.807) is 6.08 Å². The van der Waals surface area contributed by atoms with E-state index >= 15 is 0 Å². The summed E-state index contributed by atoms with van der Waals surface area (Å²) in [6.45, 7) is 9.78. The molecule has 4 nitrogen and oxygen atoms in total. The first kappa shape index (κ1) is 15.0. The largest absolute Gasteiger partial charge is 0.391 e. The van der Waals surface area contributed by atoms with Crippen LogP contribution in [0.4, 0.5) is 4.79 Å². The minimum atomic E-state index is -0.472. The molecule has 0 aliphatic carbocycles. The molecule has 2 unspecified atom stereocenters. The molecule has 0 radical (unpaired) electrons. The van der Waals surface area contributed by atoms with Gasteiger partial charge in [-0.25, -0.2) is 4.79 Å². The van der Waals surface area contributed by atoms with E-state index in [9.17, 15) is 9.90 Å². The van der Waals surface area contributed by atoms with Crippen molar-refractivity contribution in [2.45, 2.75) is 45.8 Å². The van der Waals surface area contributed by atoms with E-state index < -0.39 is 6.10 Å². The van der Waals surface area contributed by atoms with E-state index in [4.69, 9.17) is 0 Å². The molecule has 0 bridgehead atoms. The molecular formula is C12H24N2O2. The third-order valence-electron chi connectivity index (χ3n) is 2.78. The van der Waals surface area contributed by atoms with Crippen molar-refractivity contribution in [3.05, 3.63) is 12.7 Å². The third kappa shape index (κ3) is 5.75. The fraction of sp³-hybridized carbons (Fsp3) is 0.750. The van der Waals surface area contributed by atoms with E-state index in [0.717, 1.165) is 12.8 Å². The number of hydrogen-bond acceptors (Lipinski definition) is 2. The van der Waals surface area contributed by atoms with Crippen LogP contribution in [0.5, 0.6) is 0 Å². The van der Waals surface area contributed by atoms with Gasteiger partial charge in [-0.3, -0.25) is 0 Å². The molecule has 0 aromatic rings. The van der Waals surface area contributed by atoms with Gasteiger partial charge in [0, 0.05) is 12.6 Å². The van der Waals surface area contributed by atoms with Crippen molar-refractivity contribution in [3.63, 3.8) is 0 Å². The Morgan fingerprint density at radius 3 is 2.44 bits per heavy atom. The minimum absolute atomic E-state index is 0.0645. The Hall–Kier alpha value is -1.03. The van der Waals surface area contributed by atoms with Crippen molar-refractivity contribution in [2.24, 2.45) is 5.92 Å². The van der Waals surface area contributed by atoms with Crippen LogP contribution in [-0.4, -0.2) is 29.8 Å². The zero-order chi connectivity index (χ0) is 12.6. The molecule has 0 heterocycles. The summed E-state index contributed by atoms with van der Waals surface area (Å²) >= 11 is 0. The number of hydrogen-bond donors (Lipinski definition) is 3. The zero-order valence-corrected chi connectivity index (χ0v) is 10.5. The van der Waals surface area contributed by atoms with E-state index in [1.807, 2.05) is 20.8 Å². The van der Waals surface area contributed by atoms with Gasteiger partial charge >= 0.3 is 6.03 Å². The Balaban J connectivity index is 3.86. The maximum Gasteiger partial charge on any atom is 0.315 e. The quantitative estimate of drug-likeness (QED) is 0.580.